The summed E-state index contributed by atoms with van der Waals surface area (Å²) >= 11 is 0. The van der Waals surface area contributed by atoms with Crippen LogP contribution >= 0.6 is 0 Å². The first-order chi connectivity index (χ1) is 23.8. The van der Waals surface area contributed by atoms with E-state index in [-0.39, 0.29) is 0 Å². The zero-order chi connectivity index (χ0) is 31.9. The molecule has 7 aromatic carbocycles. The molecule has 0 saturated heterocycles. The highest BCUT2D eigenvalue weighted by Crippen LogP contribution is 2.41. The number of nitrogens with zero attached hydrogens (tertiary/aromatic N) is 3. The largest absolute Gasteiger partial charge is 0.310 e. The Morgan fingerprint density at radius 1 is 0.417 bits per heavy atom. The second kappa shape index (κ2) is 11.7. The van der Waals surface area contributed by atoms with Gasteiger partial charge in [-0.3, -0.25) is 0 Å². The monoisotopic (exact) mass is 613 g/mol. The highest BCUT2D eigenvalue weighted by Gasteiger charge is 2.18. The molecule has 0 unspecified atom stereocenters. The zero-order valence-corrected chi connectivity index (χ0v) is 26.2. The van der Waals surface area contributed by atoms with Crippen LogP contribution in [0.3, 0.4) is 0 Å². The summed E-state index contributed by atoms with van der Waals surface area (Å²) in [5.41, 5.74) is 12.2. The van der Waals surface area contributed by atoms with Crippen LogP contribution in [0.25, 0.3) is 60.8 Å². The summed E-state index contributed by atoms with van der Waals surface area (Å²) in [6, 6.07) is 66.7. The van der Waals surface area contributed by atoms with E-state index in [1.807, 2.05) is 0 Å². The van der Waals surface area contributed by atoms with Crippen molar-refractivity contribution in [3.05, 3.63) is 188 Å². The fraction of sp³-hybridized carbons (Fsp3) is 0. The minimum absolute atomic E-state index is 0.979. The van der Waals surface area contributed by atoms with E-state index in [1.54, 1.807) is 0 Å². The third-order valence-corrected chi connectivity index (χ3v) is 9.15. The van der Waals surface area contributed by atoms with Crippen molar-refractivity contribution >= 4 is 49.8 Å². The smallest absolute Gasteiger partial charge is 0.0788 e. The SMILES string of the molecule is c1ccc(-c2cc3ccccc3nc2-c2ccc(N(c3ccccc3)c3ccc4c(c3)c3ccccc3n4-c3ccccc3)cc2)cc1. The summed E-state index contributed by atoms with van der Waals surface area (Å²) in [6.45, 7) is 0. The first kappa shape index (κ1) is 27.8. The van der Waals surface area contributed by atoms with Crippen LogP contribution in [0.1, 0.15) is 0 Å². The molecule has 0 fully saturated rings. The number of anilines is 3. The Labute approximate surface area is 279 Å². The Morgan fingerprint density at radius 3 is 1.81 bits per heavy atom. The van der Waals surface area contributed by atoms with Crippen LogP contribution in [-0.2, 0) is 0 Å². The van der Waals surface area contributed by atoms with Crippen LogP contribution in [-0.4, -0.2) is 9.55 Å². The molecule has 0 bridgehead atoms. The Morgan fingerprint density at radius 2 is 1.02 bits per heavy atom. The zero-order valence-electron chi connectivity index (χ0n) is 26.2. The number of pyridine rings is 1. The Balaban J connectivity index is 1.19. The van der Waals surface area contributed by atoms with E-state index in [0.29, 0.717) is 0 Å². The third kappa shape index (κ3) is 4.81. The standard InChI is InChI=1S/C45H31N3/c1-4-14-32(15-5-1)40-30-34-16-10-12-22-42(34)46-45(40)33-24-26-37(27-25-33)47(35-17-6-2-7-18-35)38-28-29-44-41(31-38)39-21-11-13-23-43(39)48(44)36-19-8-3-9-20-36/h1-31H. The normalized spacial score (nSPS) is 11.3. The molecule has 0 spiro atoms. The van der Waals surface area contributed by atoms with Crippen LogP contribution in [0.15, 0.2) is 188 Å². The maximum absolute atomic E-state index is 5.19. The molecule has 0 radical (unpaired) electrons. The molecular weight excluding hydrogens is 583 g/mol. The van der Waals surface area contributed by atoms with Crippen molar-refractivity contribution in [2.24, 2.45) is 0 Å². The average molecular weight is 614 g/mol. The lowest BCUT2D eigenvalue weighted by Gasteiger charge is -2.26. The lowest BCUT2D eigenvalue weighted by Crippen LogP contribution is -2.09. The van der Waals surface area contributed by atoms with Gasteiger partial charge in [0.25, 0.3) is 0 Å². The van der Waals surface area contributed by atoms with Crippen LogP contribution in [0, 0.1) is 0 Å². The van der Waals surface area contributed by atoms with Gasteiger partial charge in [0.15, 0.2) is 0 Å². The summed E-state index contributed by atoms with van der Waals surface area (Å²) in [5, 5.41) is 3.59. The molecule has 3 nitrogen and oxygen atoms in total. The minimum Gasteiger partial charge on any atom is -0.310 e. The van der Waals surface area contributed by atoms with Crippen LogP contribution < -0.4 is 4.90 Å². The second-order valence-corrected chi connectivity index (χ2v) is 12.1. The molecule has 2 heterocycles. The van der Waals surface area contributed by atoms with Gasteiger partial charge in [0.1, 0.15) is 0 Å². The first-order valence-electron chi connectivity index (χ1n) is 16.3. The van der Waals surface area contributed by atoms with Gasteiger partial charge in [-0.15, -0.1) is 0 Å². The molecule has 9 rings (SSSR count). The van der Waals surface area contributed by atoms with E-state index in [1.165, 1.54) is 21.8 Å². The van der Waals surface area contributed by atoms with Crippen molar-refractivity contribution in [3.63, 3.8) is 0 Å². The topological polar surface area (TPSA) is 21.1 Å². The van der Waals surface area contributed by atoms with Crippen LogP contribution in [0.2, 0.25) is 0 Å². The summed E-state index contributed by atoms with van der Waals surface area (Å²) in [6.07, 6.45) is 0. The van der Waals surface area contributed by atoms with Gasteiger partial charge in [-0.2, -0.15) is 0 Å². The van der Waals surface area contributed by atoms with E-state index < -0.39 is 0 Å². The number of aromatic nitrogens is 2. The summed E-state index contributed by atoms with van der Waals surface area (Å²) < 4.78 is 2.36. The molecule has 48 heavy (non-hydrogen) atoms. The fourth-order valence-corrected chi connectivity index (χ4v) is 6.92. The maximum atomic E-state index is 5.19. The predicted molar refractivity (Wildman–Crippen MR) is 202 cm³/mol. The van der Waals surface area contributed by atoms with Gasteiger partial charge in [0.05, 0.1) is 22.2 Å². The minimum atomic E-state index is 0.979. The van der Waals surface area contributed by atoms with Gasteiger partial charge >= 0.3 is 0 Å². The first-order valence-corrected chi connectivity index (χ1v) is 16.3. The van der Waals surface area contributed by atoms with Crippen molar-refractivity contribution in [1.29, 1.82) is 0 Å². The molecule has 0 atom stereocenters. The van der Waals surface area contributed by atoms with Crippen molar-refractivity contribution in [1.82, 2.24) is 9.55 Å². The van der Waals surface area contributed by atoms with E-state index in [2.05, 4.69) is 198 Å². The molecule has 0 amide bonds. The summed E-state index contributed by atoms with van der Waals surface area (Å²) in [7, 11) is 0. The van der Waals surface area contributed by atoms with Gasteiger partial charge in [-0.25, -0.2) is 4.98 Å². The van der Waals surface area contributed by atoms with E-state index in [9.17, 15) is 0 Å². The van der Waals surface area contributed by atoms with E-state index in [0.717, 1.165) is 56.0 Å². The Bertz CT molecular complexity index is 2540. The van der Waals surface area contributed by atoms with Gasteiger partial charge in [0.2, 0.25) is 0 Å². The molecule has 9 aromatic rings. The Hall–Kier alpha value is -6.45. The van der Waals surface area contributed by atoms with Gasteiger partial charge in [0, 0.05) is 50.0 Å². The second-order valence-electron chi connectivity index (χ2n) is 12.1. The number of para-hydroxylation sites is 4. The molecule has 226 valence electrons. The van der Waals surface area contributed by atoms with Gasteiger partial charge in [-0.05, 0) is 78.4 Å². The van der Waals surface area contributed by atoms with Crippen molar-refractivity contribution in [3.8, 4) is 28.1 Å². The lowest BCUT2D eigenvalue weighted by atomic mass is 9.97. The van der Waals surface area contributed by atoms with Crippen molar-refractivity contribution in [2.45, 2.75) is 0 Å². The molecule has 0 N–H and O–H groups in total. The quantitative estimate of drug-likeness (QED) is 0.186. The highest BCUT2D eigenvalue weighted by atomic mass is 15.1. The lowest BCUT2D eigenvalue weighted by molar-refractivity contribution is 1.18. The van der Waals surface area contributed by atoms with Crippen molar-refractivity contribution in [2.75, 3.05) is 4.90 Å². The molecule has 0 aliphatic carbocycles. The summed E-state index contributed by atoms with van der Waals surface area (Å²) in [5.74, 6) is 0. The maximum Gasteiger partial charge on any atom is 0.0788 e. The van der Waals surface area contributed by atoms with Crippen LogP contribution in [0.4, 0.5) is 17.1 Å². The molecule has 0 aliphatic heterocycles. The number of rotatable bonds is 6. The number of hydrogen-bond donors (Lipinski definition) is 0. The van der Waals surface area contributed by atoms with E-state index >= 15 is 0 Å². The van der Waals surface area contributed by atoms with Crippen LogP contribution in [0.5, 0.6) is 0 Å². The van der Waals surface area contributed by atoms with Crippen molar-refractivity contribution < 1.29 is 0 Å². The van der Waals surface area contributed by atoms with E-state index in [4.69, 9.17) is 4.98 Å². The molecule has 0 saturated carbocycles. The fourth-order valence-electron chi connectivity index (χ4n) is 6.92. The average Bonchev–Trinajstić information content (AvgIpc) is 3.50. The van der Waals surface area contributed by atoms with Gasteiger partial charge in [-0.1, -0.05) is 115 Å². The third-order valence-electron chi connectivity index (χ3n) is 9.15. The number of hydrogen-bond acceptors (Lipinski definition) is 2. The molecule has 2 aromatic heterocycles. The molecule has 0 aliphatic rings. The van der Waals surface area contributed by atoms with Gasteiger partial charge < -0.3 is 9.47 Å². The Kier molecular flexibility index (Phi) is 6.80. The number of fused-ring (bicyclic) bond motifs is 4. The predicted octanol–water partition coefficient (Wildman–Crippen LogP) is 12.1. The molecular formula is C45H31N3. The summed E-state index contributed by atoms with van der Waals surface area (Å²) in [4.78, 5) is 7.52. The molecule has 3 heteroatoms. The number of benzene rings is 7. The highest BCUT2D eigenvalue weighted by molar-refractivity contribution is 6.10.